The van der Waals surface area contributed by atoms with Crippen LogP contribution in [0.25, 0.3) is 0 Å². The molecule has 1 aromatic heterocycles. The Morgan fingerprint density at radius 1 is 1.29 bits per heavy atom. The second-order valence-corrected chi connectivity index (χ2v) is 6.13. The zero-order valence-electron chi connectivity index (χ0n) is 13.7. The predicted molar refractivity (Wildman–Crippen MR) is 88.6 cm³/mol. The minimum absolute atomic E-state index is 0.0213. The summed E-state index contributed by atoms with van der Waals surface area (Å²) in [7, 11) is 2.02. The topological polar surface area (TPSA) is 49.3 Å². The molecule has 0 aliphatic carbocycles. The van der Waals surface area contributed by atoms with E-state index in [1.807, 2.05) is 11.9 Å². The molecule has 0 saturated carbocycles. The van der Waals surface area contributed by atoms with Gasteiger partial charge in [-0.15, -0.1) is 0 Å². The number of likely N-dealkylation sites (N-methyl/N-ethyl adjacent to an activating group) is 1. The predicted octanol–water partition coefficient (Wildman–Crippen LogP) is 1.89. The van der Waals surface area contributed by atoms with Crippen molar-refractivity contribution >= 4 is 5.91 Å². The molecule has 0 radical (unpaired) electrons. The maximum Gasteiger partial charge on any atom is 0.227 e. The van der Waals surface area contributed by atoms with Gasteiger partial charge in [0.1, 0.15) is 11.6 Å². The number of halogens is 1. The van der Waals surface area contributed by atoms with Gasteiger partial charge < -0.3 is 4.90 Å². The molecule has 0 spiro atoms. The lowest BCUT2D eigenvalue weighted by molar-refractivity contribution is -0.129. The Hall–Kier alpha value is -2.34. The van der Waals surface area contributed by atoms with E-state index in [0.717, 1.165) is 12.2 Å². The maximum atomic E-state index is 13.7. The number of hydrogen-bond acceptors (Lipinski definition) is 4. The fraction of sp³-hybridized carbons (Fsp3) is 0.389. The Bertz CT molecular complexity index is 694. The number of benzene rings is 1. The summed E-state index contributed by atoms with van der Waals surface area (Å²) in [5.41, 5.74) is 0.456. The van der Waals surface area contributed by atoms with Crippen LogP contribution < -0.4 is 0 Å². The quantitative estimate of drug-likeness (QED) is 0.841. The lowest BCUT2D eigenvalue weighted by Gasteiger charge is -2.24. The van der Waals surface area contributed by atoms with Crippen molar-refractivity contribution in [3.63, 3.8) is 0 Å². The van der Waals surface area contributed by atoms with Gasteiger partial charge in [-0.25, -0.2) is 14.4 Å². The Balaban J connectivity index is 1.55. The fourth-order valence-electron chi connectivity index (χ4n) is 3.01. The van der Waals surface area contributed by atoms with Gasteiger partial charge in [0.2, 0.25) is 5.91 Å². The molecule has 1 fully saturated rings. The third-order valence-electron chi connectivity index (χ3n) is 4.45. The van der Waals surface area contributed by atoms with Gasteiger partial charge in [0.25, 0.3) is 0 Å². The first-order chi connectivity index (χ1) is 11.6. The van der Waals surface area contributed by atoms with Gasteiger partial charge in [0, 0.05) is 31.5 Å². The summed E-state index contributed by atoms with van der Waals surface area (Å²) in [6.07, 6.45) is 4.49. The monoisotopic (exact) mass is 328 g/mol. The minimum atomic E-state index is -0.319. The van der Waals surface area contributed by atoms with Gasteiger partial charge in [0.15, 0.2) is 0 Å². The first-order valence-corrected chi connectivity index (χ1v) is 8.11. The van der Waals surface area contributed by atoms with Gasteiger partial charge in [-0.05, 0) is 31.2 Å². The zero-order valence-corrected chi connectivity index (χ0v) is 13.7. The van der Waals surface area contributed by atoms with Crippen molar-refractivity contribution in [1.82, 2.24) is 19.8 Å². The highest BCUT2D eigenvalue weighted by atomic mass is 19.1. The molecule has 1 atom stereocenters. The zero-order chi connectivity index (χ0) is 16.9. The molecule has 1 aromatic carbocycles. The number of amides is 1. The van der Waals surface area contributed by atoms with E-state index in [2.05, 4.69) is 14.9 Å². The van der Waals surface area contributed by atoms with Crippen LogP contribution >= 0.6 is 0 Å². The Morgan fingerprint density at radius 2 is 2.04 bits per heavy atom. The first kappa shape index (κ1) is 16.5. The Labute approximate surface area is 141 Å². The van der Waals surface area contributed by atoms with Crippen LogP contribution in [-0.4, -0.2) is 51.9 Å². The third-order valence-corrected chi connectivity index (χ3v) is 4.45. The van der Waals surface area contributed by atoms with Crippen molar-refractivity contribution in [3.05, 3.63) is 59.9 Å². The lowest BCUT2D eigenvalue weighted by Crippen LogP contribution is -2.37. The van der Waals surface area contributed by atoms with E-state index < -0.39 is 0 Å². The average molecular weight is 328 g/mol. The van der Waals surface area contributed by atoms with Crippen molar-refractivity contribution in [3.8, 4) is 0 Å². The number of likely N-dealkylation sites (tertiary alicyclic amines) is 1. The van der Waals surface area contributed by atoms with Crippen LogP contribution in [0.15, 0.2) is 42.7 Å². The van der Waals surface area contributed by atoms with E-state index in [0.29, 0.717) is 25.2 Å². The Morgan fingerprint density at radius 3 is 2.79 bits per heavy atom. The molecule has 1 amide bonds. The number of carbonyl (C=O) groups excluding carboxylic acids is 1. The lowest BCUT2D eigenvalue weighted by atomic mass is 10.1. The maximum absolute atomic E-state index is 13.7. The second kappa shape index (κ2) is 7.49. The second-order valence-electron chi connectivity index (χ2n) is 6.13. The van der Waals surface area contributed by atoms with Crippen LogP contribution in [-0.2, 0) is 17.8 Å². The van der Waals surface area contributed by atoms with Crippen molar-refractivity contribution in [2.75, 3.05) is 20.1 Å². The summed E-state index contributed by atoms with van der Waals surface area (Å²) in [4.78, 5) is 24.9. The molecule has 5 nitrogen and oxygen atoms in total. The van der Waals surface area contributed by atoms with E-state index in [4.69, 9.17) is 0 Å². The van der Waals surface area contributed by atoms with Crippen molar-refractivity contribution in [2.24, 2.45) is 0 Å². The Kier molecular flexibility index (Phi) is 5.15. The molecule has 2 heterocycles. The smallest absolute Gasteiger partial charge is 0.227 e. The molecule has 3 rings (SSSR count). The highest BCUT2D eigenvalue weighted by Gasteiger charge is 2.29. The summed E-state index contributed by atoms with van der Waals surface area (Å²) in [5.74, 6) is 0.433. The van der Waals surface area contributed by atoms with Crippen LogP contribution in [0.5, 0.6) is 0 Å². The summed E-state index contributed by atoms with van der Waals surface area (Å²) < 4.78 is 13.7. The number of hydrogen-bond donors (Lipinski definition) is 0. The van der Waals surface area contributed by atoms with Crippen LogP contribution in [0.4, 0.5) is 4.39 Å². The minimum Gasteiger partial charge on any atom is -0.341 e. The van der Waals surface area contributed by atoms with E-state index in [1.165, 1.54) is 6.07 Å². The largest absolute Gasteiger partial charge is 0.341 e. The number of nitrogens with zero attached hydrogens (tertiary/aromatic N) is 4. The highest BCUT2D eigenvalue weighted by Crippen LogP contribution is 2.18. The van der Waals surface area contributed by atoms with Gasteiger partial charge in [-0.1, -0.05) is 18.2 Å². The molecule has 6 heteroatoms. The standard InChI is InChI=1S/C18H21FN4O/c1-22(13-17-20-8-4-9-21-17)15-7-10-23(12-15)18(24)11-14-5-2-3-6-16(14)19/h2-6,8-9,15H,7,10-13H2,1H3/t15-/m1/s1. The van der Waals surface area contributed by atoms with E-state index in [1.54, 1.807) is 36.7 Å². The van der Waals surface area contributed by atoms with Crippen LogP contribution in [0, 0.1) is 5.82 Å². The average Bonchev–Trinajstić information content (AvgIpc) is 3.08. The summed E-state index contributed by atoms with van der Waals surface area (Å²) in [5, 5.41) is 0. The highest BCUT2D eigenvalue weighted by molar-refractivity contribution is 5.79. The number of rotatable bonds is 5. The molecule has 1 saturated heterocycles. The van der Waals surface area contributed by atoms with Gasteiger partial charge in [-0.2, -0.15) is 0 Å². The van der Waals surface area contributed by atoms with Gasteiger partial charge in [0.05, 0.1) is 13.0 Å². The SMILES string of the molecule is CN(Cc1ncccn1)[C@@H]1CCN(C(=O)Cc2ccccc2F)C1. The summed E-state index contributed by atoms with van der Waals surface area (Å²) in [6.45, 7) is 2.02. The number of aromatic nitrogens is 2. The summed E-state index contributed by atoms with van der Waals surface area (Å²) >= 11 is 0. The molecule has 0 unspecified atom stereocenters. The molecular weight excluding hydrogens is 307 g/mol. The first-order valence-electron chi connectivity index (χ1n) is 8.11. The molecular formula is C18H21FN4O. The van der Waals surface area contributed by atoms with Crippen LogP contribution in [0.2, 0.25) is 0 Å². The number of carbonyl (C=O) groups is 1. The van der Waals surface area contributed by atoms with Crippen molar-refractivity contribution < 1.29 is 9.18 Å². The molecule has 0 N–H and O–H groups in total. The molecule has 126 valence electrons. The van der Waals surface area contributed by atoms with Crippen LogP contribution in [0.1, 0.15) is 17.8 Å². The summed E-state index contributed by atoms with van der Waals surface area (Å²) in [6, 6.07) is 8.52. The van der Waals surface area contributed by atoms with E-state index >= 15 is 0 Å². The molecule has 1 aliphatic heterocycles. The van der Waals surface area contributed by atoms with E-state index in [9.17, 15) is 9.18 Å². The fourth-order valence-corrected chi connectivity index (χ4v) is 3.01. The van der Waals surface area contributed by atoms with Gasteiger partial charge in [-0.3, -0.25) is 9.69 Å². The third kappa shape index (κ3) is 3.94. The molecule has 2 aromatic rings. The van der Waals surface area contributed by atoms with Crippen molar-refractivity contribution in [2.45, 2.75) is 25.4 Å². The molecule has 24 heavy (non-hydrogen) atoms. The van der Waals surface area contributed by atoms with Crippen LogP contribution in [0.3, 0.4) is 0 Å². The van der Waals surface area contributed by atoms with Gasteiger partial charge >= 0.3 is 0 Å². The molecule has 0 bridgehead atoms. The molecule has 1 aliphatic rings. The van der Waals surface area contributed by atoms with Crippen molar-refractivity contribution in [1.29, 1.82) is 0 Å². The van der Waals surface area contributed by atoms with E-state index in [-0.39, 0.29) is 24.2 Å². The normalized spacial score (nSPS) is 17.5.